The Labute approximate surface area is 173 Å². The average Bonchev–Trinajstić information content (AvgIpc) is 2.66. The molecule has 1 fully saturated rings. The highest BCUT2D eigenvalue weighted by molar-refractivity contribution is 14.0. The van der Waals surface area contributed by atoms with Crippen LogP contribution >= 0.6 is 24.0 Å². The van der Waals surface area contributed by atoms with Crippen LogP contribution in [0.4, 0.5) is 0 Å². The molecule has 7 heteroatoms. The molecule has 146 valence electrons. The van der Waals surface area contributed by atoms with Crippen molar-refractivity contribution in [3.8, 4) is 11.5 Å². The summed E-state index contributed by atoms with van der Waals surface area (Å²) in [5, 5.41) is 3.40. The molecule has 1 unspecified atom stereocenters. The van der Waals surface area contributed by atoms with Gasteiger partial charge in [-0.05, 0) is 38.8 Å². The summed E-state index contributed by atoms with van der Waals surface area (Å²) in [4.78, 5) is 7.11. The molecule has 2 heterocycles. The number of para-hydroxylation sites is 2. The molecule has 3 rings (SSSR count). The summed E-state index contributed by atoms with van der Waals surface area (Å²) in [6, 6.07) is 7.78. The van der Waals surface area contributed by atoms with E-state index in [2.05, 4.69) is 24.1 Å². The maximum atomic E-state index is 6.00. The topological polar surface area (TPSA) is 55.3 Å². The number of hydrogen-bond acceptors (Lipinski definition) is 4. The molecule has 0 spiro atoms. The van der Waals surface area contributed by atoms with Gasteiger partial charge in [0.05, 0.1) is 12.6 Å². The van der Waals surface area contributed by atoms with Gasteiger partial charge < -0.3 is 24.4 Å². The zero-order valence-electron chi connectivity index (χ0n) is 15.6. The Morgan fingerprint density at radius 3 is 2.65 bits per heavy atom. The summed E-state index contributed by atoms with van der Waals surface area (Å²) >= 11 is 0. The number of fused-ring (bicyclic) bond motifs is 1. The molecule has 0 amide bonds. The third-order valence-electron chi connectivity index (χ3n) is 4.49. The number of nitrogens with zero attached hydrogens (tertiary/aromatic N) is 2. The van der Waals surface area contributed by atoms with Crippen molar-refractivity contribution >= 4 is 29.9 Å². The normalized spacial score (nSPS) is 20.5. The zero-order chi connectivity index (χ0) is 17.5. The van der Waals surface area contributed by atoms with E-state index >= 15 is 0 Å². The molecule has 6 nitrogen and oxygen atoms in total. The number of hydrogen-bond donors (Lipinski definition) is 1. The molecule has 0 aliphatic carbocycles. The molecular formula is C19H30IN3O3. The summed E-state index contributed by atoms with van der Waals surface area (Å²) in [5.74, 6) is 2.57. The number of halogens is 1. The van der Waals surface area contributed by atoms with Crippen molar-refractivity contribution in [3.63, 3.8) is 0 Å². The lowest BCUT2D eigenvalue weighted by atomic mass is 10.1. The van der Waals surface area contributed by atoms with Crippen molar-refractivity contribution in [2.24, 2.45) is 4.99 Å². The fraction of sp³-hybridized carbons (Fsp3) is 0.632. The molecule has 1 aromatic carbocycles. The second-order valence-electron chi connectivity index (χ2n) is 6.33. The maximum absolute atomic E-state index is 6.00. The first-order valence-electron chi connectivity index (χ1n) is 9.33. The Balaban J connectivity index is 0.00000243. The van der Waals surface area contributed by atoms with Crippen LogP contribution in [0.15, 0.2) is 29.3 Å². The van der Waals surface area contributed by atoms with Crippen molar-refractivity contribution in [1.82, 2.24) is 10.2 Å². The van der Waals surface area contributed by atoms with E-state index in [1.165, 1.54) is 0 Å². The van der Waals surface area contributed by atoms with Gasteiger partial charge in [0.1, 0.15) is 6.61 Å². The summed E-state index contributed by atoms with van der Waals surface area (Å²) in [5.41, 5.74) is 0. The minimum absolute atomic E-state index is 0. The fourth-order valence-corrected chi connectivity index (χ4v) is 3.24. The van der Waals surface area contributed by atoms with E-state index < -0.39 is 0 Å². The third-order valence-corrected chi connectivity index (χ3v) is 4.49. The van der Waals surface area contributed by atoms with E-state index in [1.807, 2.05) is 24.3 Å². The van der Waals surface area contributed by atoms with Crippen LogP contribution in [0.1, 0.15) is 26.7 Å². The van der Waals surface area contributed by atoms with Crippen LogP contribution in [0.2, 0.25) is 0 Å². The van der Waals surface area contributed by atoms with E-state index in [0.29, 0.717) is 19.3 Å². The molecule has 0 saturated carbocycles. The lowest BCUT2D eigenvalue weighted by Crippen LogP contribution is -2.47. The average molecular weight is 475 g/mol. The van der Waals surface area contributed by atoms with Crippen molar-refractivity contribution in [2.45, 2.75) is 38.9 Å². The van der Waals surface area contributed by atoms with Gasteiger partial charge in [0, 0.05) is 26.2 Å². The predicted octanol–water partition coefficient (Wildman–Crippen LogP) is 2.91. The zero-order valence-corrected chi connectivity index (χ0v) is 18.0. The molecular weight excluding hydrogens is 445 g/mol. The molecule has 2 aliphatic rings. The lowest BCUT2D eigenvalue weighted by Gasteiger charge is -2.34. The Kier molecular flexibility index (Phi) is 8.77. The SMILES string of the molecule is CCNC(=NCC1COc2ccccc2O1)N1CCC(OCC)CC1.I. The molecule has 0 aromatic heterocycles. The first-order valence-corrected chi connectivity index (χ1v) is 9.33. The van der Waals surface area contributed by atoms with Gasteiger partial charge in [0.25, 0.3) is 0 Å². The van der Waals surface area contributed by atoms with Crippen molar-refractivity contribution < 1.29 is 14.2 Å². The lowest BCUT2D eigenvalue weighted by molar-refractivity contribution is 0.0263. The minimum Gasteiger partial charge on any atom is -0.486 e. The van der Waals surface area contributed by atoms with E-state index in [9.17, 15) is 0 Å². The van der Waals surface area contributed by atoms with E-state index in [-0.39, 0.29) is 30.1 Å². The molecule has 0 radical (unpaired) electrons. The van der Waals surface area contributed by atoms with E-state index in [1.54, 1.807) is 0 Å². The van der Waals surface area contributed by atoms with Crippen LogP contribution < -0.4 is 14.8 Å². The highest BCUT2D eigenvalue weighted by Crippen LogP contribution is 2.30. The third kappa shape index (κ3) is 5.64. The Hall–Kier alpha value is -1.22. The number of rotatable bonds is 5. The van der Waals surface area contributed by atoms with Crippen molar-refractivity contribution in [3.05, 3.63) is 24.3 Å². The molecule has 1 saturated heterocycles. The van der Waals surface area contributed by atoms with Gasteiger partial charge in [0.15, 0.2) is 23.6 Å². The van der Waals surface area contributed by atoms with Gasteiger partial charge in [-0.2, -0.15) is 0 Å². The van der Waals surface area contributed by atoms with Crippen LogP contribution in [0.3, 0.4) is 0 Å². The predicted molar refractivity (Wildman–Crippen MR) is 114 cm³/mol. The number of likely N-dealkylation sites (tertiary alicyclic amines) is 1. The minimum atomic E-state index is -0.0514. The standard InChI is InChI=1S/C19H29N3O3.HI/c1-3-20-19(22-11-9-15(10-12-22)23-4-2)21-13-16-14-24-17-7-5-6-8-18(17)25-16;/h5-8,15-16H,3-4,9-14H2,1-2H3,(H,20,21);1H. The number of guanidine groups is 1. The number of ether oxygens (including phenoxy) is 3. The van der Waals surface area contributed by atoms with Crippen LogP contribution in [-0.4, -0.2) is 62.5 Å². The van der Waals surface area contributed by atoms with Gasteiger partial charge in [-0.15, -0.1) is 24.0 Å². The fourth-order valence-electron chi connectivity index (χ4n) is 3.24. The van der Waals surface area contributed by atoms with Gasteiger partial charge >= 0.3 is 0 Å². The van der Waals surface area contributed by atoms with Gasteiger partial charge in [0.2, 0.25) is 0 Å². The Morgan fingerprint density at radius 1 is 1.23 bits per heavy atom. The highest BCUT2D eigenvalue weighted by Gasteiger charge is 2.23. The smallest absolute Gasteiger partial charge is 0.194 e. The van der Waals surface area contributed by atoms with Crippen molar-refractivity contribution in [2.75, 3.05) is 39.4 Å². The molecule has 2 aliphatic heterocycles. The van der Waals surface area contributed by atoms with Gasteiger partial charge in [-0.25, -0.2) is 4.99 Å². The van der Waals surface area contributed by atoms with Crippen LogP contribution in [0.25, 0.3) is 0 Å². The largest absolute Gasteiger partial charge is 0.486 e. The monoisotopic (exact) mass is 475 g/mol. The second-order valence-corrected chi connectivity index (χ2v) is 6.33. The number of aliphatic imine (C=N–C) groups is 1. The second kappa shape index (κ2) is 10.8. The van der Waals surface area contributed by atoms with Crippen molar-refractivity contribution in [1.29, 1.82) is 0 Å². The number of benzene rings is 1. The summed E-state index contributed by atoms with van der Waals surface area (Å²) in [6.45, 7) is 8.87. The van der Waals surface area contributed by atoms with Crippen LogP contribution in [-0.2, 0) is 4.74 Å². The molecule has 1 atom stereocenters. The van der Waals surface area contributed by atoms with E-state index in [4.69, 9.17) is 19.2 Å². The van der Waals surface area contributed by atoms with Crippen LogP contribution in [0, 0.1) is 0 Å². The Bertz CT molecular complexity index is 577. The quantitative estimate of drug-likeness (QED) is 0.404. The number of nitrogens with one attached hydrogen (secondary N) is 1. The van der Waals surface area contributed by atoms with Gasteiger partial charge in [-0.1, -0.05) is 12.1 Å². The molecule has 1 N–H and O–H groups in total. The maximum Gasteiger partial charge on any atom is 0.194 e. The first kappa shape index (κ1) is 21.1. The summed E-state index contributed by atoms with van der Waals surface area (Å²) in [7, 11) is 0. The van der Waals surface area contributed by atoms with Gasteiger partial charge in [-0.3, -0.25) is 0 Å². The Morgan fingerprint density at radius 2 is 1.96 bits per heavy atom. The molecule has 0 bridgehead atoms. The molecule has 1 aromatic rings. The molecule has 26 heavy (non-hydrogen) atoms. The summed E-state index contributed by atoms with van der Waals surface area (Å²) < 4.78 is 17.5. The summed E-state index contributed by atoms with van der Waals surface area (Å²) in [6.07, 6.45) is 2.43. The highest BCUT2D eigenvalue weighted by atomic mass is 127. The number of piperidine rings is 1. The first-order chi connectivity index (χ1) is 12.3. The van der Waals surface area contributed by atoms with E-state index in [0.717, 1.165) is 56.5 Å². The van der Waals surface area contributed by atoms with Crippen LogP contribution in [0.5, 0.6) is 11.5 Å².